The Morgan fingerprint density at radius 3 is 2.50 bits per heavy atom. The van der Waals surface area contributed by atoms with Gasteiger partial charge >= 0.3 is 0 Å². The monoisotopic (exact) mass is 371 g/mol. The van der Waals surface area contributed by atoms with Gasteiger partial charge in [-0.3, -0.25) is 4.68 Å². The SMILES string of the molecule is CCOc1nn(CC)cc1-c1nnc(SC(C)c2ccccc2)n1CC. The standard InChI is InChI=1S/C19H25N5OS/c1-5-23-13-16(18(22-23)25-7-3)17-20-21-19(24(17)6-2)26-14(4)15-11-9-8-10-12-15/h8-14H,5-7H2,1-4H3. The lowest BCUT2D eigenvalue weighted by Gasteiger charge is -2.12. The van der Waals surface area contributed by atoms with Crippen molar-refractivity contribution < 1.29 is 4.74 Å². The van der Waals surface area contributed by atoms with Gasteiger partial charge in [0.05, 0.1) is 6.61 Å². The minimum atomic E-state index is 0.295. The van der Waals surface area contributed by atoms with E-state index in [9.17, 15) is 0 Å². The minimum absolute atomic E-state index is 0.295. The van der Waals surface area contributed by atoms with Gasteiger partial charge in [0.1, 0.15) is 5.56 Å². The first-order valence-corrected chi connectivity index (χ1v) is 9.91. The fraction of sp³-hybridized carbons (Fsp3) is 0.421. The molecule has 0 N–H and O–H groups in total. The summed E-state index contributed by atoms with van der Waals surface area (Å²) in [6.07, 6.45) is 1.98. The molecule has 1 unspecified atom stereocenters. The molecule has 0 fully saturated rings. The summed E-state index contributed by atoms with van der Waals surface area (Å²) in [7, 11) is 0. The van der Waals surface area contributed by atoms with E-state index < -0.39 is 0 Å². The van der Waals surface area contributed by atoms with Gasteiger partial charge in [-0.05, 0) is 33.3 Å². The molecule has 0 aliphatic rings. The zero-order valence-corrected chi connectivity index (χ0v) is 16.5. The van der Waals surface area contributed by atoms with Crippen LogP contribution in [0.5, 0.6) is 5.88 Å². The van der Waals surface area contributed by atoms with Crippen molar-refractivity contribution in [3.8, 4) is 17.3 Å². The normalized spacial score (nSPS) is 12.3. The molecule has 2 heterocycles. The number of rotatable bonds is 8. The lowest BCUT2D eigenvalue weighted by atomic mass is 10.2. The molecule has 0 aliphatic heterocycles. The third-order valence-electron chi connectivity index (χ3n) is 4.16. The molecular formula is C19H25N5OS. The highest BCUT2D eigenvalue weighted by Gasteiger charge is 2.21. The van der Waals surface area contributed by atoms with E-state index in [0.717, 1.165) is 29.6 Å². The van der Waals surface area contributed by atoms with E-state index in [1.165, 1.54) is 5.56 Å². The van der Waals surface area contributed by atoms with E-state index >= 15 is 0 Å². The third kappa shape index (κ3) is 3.77. The summed E-state index contributed by atoms with van der Waals surface area (Å²) in [5.41, 5.74) is 2.17. The van der Waals surface area contributed by atoms with Gasteiger partial charge in [0.25, 0.3) is 0 Å². The van der Waals surface area contributed by atoms with Crippen LogP contribution in [0.25, 0.3) is 11.4 Å². The molecule has 1 atom stereocenters. The smallest absolute Gasteiger partial charge is 0.243 e. The first-order valence-electron chi connectivity index (χ1n) is 9.03. The molecule has 0 amide bonds. The number of thioether (sulfide) groups is 1. The van der Waals surface area contributed by atoms with Crippen LogP contribution in [0, 0.1) is 0 Å². The van der Waals surface area contributed by atoms with Gasteiger partial charge in [-0.25, -0.2) is 0 Å². The number of hydrogen-bond acceptors (Lipinski definition) is 5. The molecule has 0 saturated carbocycles. The maximum atomic E-state index is 5.71. The number of aromatic nitrogens is 5. The second kappa shape index (κ2) is 8.40. The number of benzene rings is 1. The summed E-state index contributed by atoms with van der Waals surface area (Å²) in [5, 5.41) is 14.6. The fourth-order valence-electron chi connectivity index (χ4n) is 2.77. The van der Waals surface area contributed by atoms with Crippen LogP contribution in [-0.4, -0.2) is 31.2 Å². The van der Waals surface area contributed by atoms with E-state index in [-0.39, 0.29) is 0 Å². The molecule has 0 aliphatic carbocycles. The van der Waals surface area contributed by atoms with Crippen LogP contribution in [0.2, 0.25) is 0 Å². The summed E-state index contributed by atoms with van der Waals surface area (Å²) in [5.74, 6) is 1.42. The Morgan fingerprint density at radius 2 is 1.85 bits per heavy atom. The van der Waals surface area contributed by atoms with Crippen molar-refractivity contribution >= 4 is 11.8 Å². The largest absolute Gasteiger partial charge is 0.476 e. The van der Waals surface area contributed by atoms with Crippen molar-refractivity contribution in [2.75, 3.05) is 6.61 Å². The highest BCUT2D eigenvalue weighted by molar-refractivity contribution is 7.99. The minimum Gasteiger partial charge on any atom is -0.476 e. The van der Waals surface area contributed by atoms with Crippen molar-refractivity contribution in [3.63, 3.8) is 0 Å². The first kappa shape index (κ1) is 18.5. The van der Waals surface area contributed by atoms with Crippen LogP contribution in [0.3, 0.4) is 0 Å². The number of aryl methyl sites for hydroxylation is 1. The molecule has 0 spiro atoms. The molecule has 1 aromatic carbocycles. The average molecular weight is 372 g/mol. The van der Waals surface area contributed by atoms with Crippen molar-refractivity contribution in [2.24, 2.45) is 0 Å². The lowest BCUT2D eigenvalue weighted by molar-refractivity contribution is 0.322. The molecule has 2 aromatic heterocycles. The summed E-state index contributed by atoms with van der Waals surface area (Å²) < 4.78 is 9.71. The van der Waals surface area contributed by atoms with Gasteiger partial charge in [0, 0.05) is 24.5 Å². The fourth-order valence-corrected chi connectivity index (χ4v) is 3.81. The maximum absolute atomic E-state index is 5.71. The molecule has 6 nitrogen and oxygen atoms in total. The number of nitrogens with zero attached hydrogens (tertiary/aromatic N) is 5. The molecule has 3 aromatic rings. The quantitative estimate of drug-likeness (QED) is 0.548. The topological polar surface area (TPSA) is 57.8 Å². The second-order valence-electron chi connectivity index (χ2n) is 5.86. The van der Waals surface area contributed by atoms with E-state index in [1.54, 1.807) is 11.8 Å². The molecule has 3 rings (SSSR count). The van der Waals surface area contributed by atoms with Gasteiger partial charge in [0.2, 0.25) is 5.88 Å². The Balaban J connectivity index is 1.92. The van der Waals surface area contributed by atoms with E-state index in [0.29, 0.717) is 17.7 Å². The molecule has 138 valence electrons. The lowest BCUT2D eigenvalue weighted by Crippen LogP contribution is -2.02. The first-order chi connectivity index (χ1) is 12.7. The van der Waals surface area contributed by atoms with E-state index in [2.05, 4.69) is 64.9 Å². The zero-order valence-electron chi connectivity index (χ0n) is 15.7. The number of hydrogen-bond donors (Lipinski definition) is 0. The summed E-state index contributed by atoms with van der Waals surface area (Å²) >= 11 is 1.72. The van der Waals surface area contributed by atoms with Gasteiger partial charge in [0.15, 0.2) is 11.0 Å². The van der Waals surface area contributed by atoms with Crippen LogP contribution in [0.15, 0.2) is 41.7 Å². The van der Waals surface area contributed by atoms with Crippen LogP contribution >= 0.6 is 11.8 Å². The van der Waals surface area contributed by atoms with Crippen LogP contribution in [0.1, 0.15) is 38.5 Å². The molecule has 26 heavy (non-hydrogen) atoms. The highest BCUT2D eigenvalue weighted by atomic mass is 32.2. The highest BCUT2D eigenvalue weighted by Crippen LogP contribution is 2.36. The molecule has 7 heteroatoms. The van der Waals surface area contributed by atoms with E-state index in [4.69, 9.17) is 4.74 Å². The summed E-state index contributed by atoms with van der Waals surface area (Å²) in [4.78, 5) is 0. The van der Waals surface area contributed by atoms with Crippen molar-refractivity contribution in [2.45, 2.75) is 51.2 Å². The zero-order chi connectivity index (χ0) is 18.5. The molecule has 0 bridgehead atoms. The Bertz CT molecular complexity index is 843. The Labute approximate surface area is 158 Å². The van der Waals surface area contributed by atoms with E-state index in [1.807, 2.05) is 23.9 Å². The predicted molar refractivity (Wildman–Crippen MR) is 104 cm³/mol. The van der Waals surface area contributed by atoms with Crippen LogP contribution in [-0.2, 0) is 13.1 Å². The second-order valence-corrected chi connectivity index (χ2v) is 7.17. The molecule has 0 radical (unpaired) electrons. The average Bonchev–Trinajstić information content (AvgIpc) is 3.26. The Morgan fingerprint density at radius 1 is 1.08 bits per heavy atom. The Hall–Kier alpha value is -2.28. The van der Waals surface area contributed by atoms with Crippen LogP contribution < -0.4 is 4.74 Å². The van der Waals surface area contributed by atoms with Gasteiger partial charge in [-0.1, -0.05) is 42.1 Å². The summed E-state index contributed by atoms with van der Waals surface area (Å²) in [6, 6.07) is 10.5. The maximum Gasteiger partial charge on any atom is 0.243 e. The number of ether oxygens (including phenoxy) is 1. The van der Waals surface area contributed by atoms with Crippen molar-refractivity contribution in [3.05, 3.63) is 42.1 Å². The predicted octanol–water partition coefficient (Wildman–Crippen LogP) is 4.43. The van der Waals surface area contributed by atoms with Crippen molar-refractivity contribution in [1.29, 1.82) is 0 Å². The van der Waals surface area contributed by atoms with Gasteiger partial charge < -0.3 is 9.30 Å². The third-order valence-corrected chi connectivity index (χ3v) is 5.30. The molecule has 0 saturated heterocycles. The summed E-state index contributed by atoms with van der Waals surface area (Å²) in [6.45, 7) is 10.5. The van der Waals surface area contributed by atoms with Crippen LogP contribution in [0.4, 0.5) is 0 Å². The Kier molecular flexibility index (Phi) is 5.98. The van der Waals surface area contributed by atoms with Gasteiger partial charge in [-0.2, -0.15) is 0 Å². The van der Waals surface area contributed by atoms with Crippen molar-refractivity contribution in [1.82, 2.24) is 24.5 Å². The van der Waals surface area contributed by atoms with Gasteiger partial charge in [-0.15, -0.1) is 15.3 Å². The molecular weight excluding hydrogens is 346 g/mol.